The molecular formula is C25H21ClFNO6. The molecule has 0 radical (unpaired) electrons. The third kappa shape index (κ3) is 4.87. The van der Waals surface area contributed by atoms with Crippen LogP contribution in [0.15, 0.2) is 51.7 Å². The Morgan fingerprint density at radius 3 is 2.71 bits per heavy atom. The Morgan fingerprint density at radius 1 is 1.21 bits per heavy atom. The first-order valence-electron chi connectivity index (χ1n) is 10.8. The fourth-order valence-corrected chi connectivity index (χ4v) is 4.73. The van der Waals surface area contributed by atoms with E-state index in [9.17, 15) is 23.6 Å². The third-order valence-electron chi connectivity index (χ3n) is 6.05. The molecule has 2 aromatic carbocycles. The molecule has 176 valence electrons. The van der Waals surface area contributed by atoms with Crippen LogP contribution >= 0.6 is 11.6 Å². The largest absolute Gasteiger partial charge is 0.481 e. The smallest absolute Gasteiger partial charge is 0.336 e. The lowest BCUT2D eigenvalue weighted by Gasteiger charge is -2.33. The van der Waals surface area contributed by atoms with E-state index in [4.69, 9.17) is 21.1 Å². The molecule has 34 heavy (non-hydrogen) atoms. The highest BCUT2D eigenvalue weighted by atomic mass is 35.5. The Hall–Kier alpha value is -3.52. The molecule has 1 fully saturated rings. The maximum Gasteiger partial charge on any atom is 0.336 e. The zero-order chi connectivity index (χ0) is 24.4. The normalized spacial score (nSPS) is 16.9. The number of fused-ring (bicyclic) bond motifs is 1. The summed E-state index contributed by atoms with van der Waals surface area (Å²) in [5.74, 6) is -3.16. The van der Waals surface area contributed by atoms with E-state index in [2.05, 4.69) is 0 Å². The average molecular weight is 486 g/mol. The lowest BCUT2D eigenvalue weighted by molar-refractivity contribution is -0.141. The van der Waals surface area contributed by atoms with Crippen LogP contribution in [0.2, 0.25) is 5.02 Å². The topological polar surface area (TPSA) is 105 Å². The van der Waals surface area contributed by atoms with Gasteiger partial charge in [0, 0.05) is 42.1 Å². The Bertz CT molecular complexity index is 1340. The number of halogens is 2. The van der Waals surface area contributed by atoms with Crippen molar-refractivity contribution < 1.29 is 28.3 Å². The van der Waals surface area contributed by atoms with E-state index in [-0.39, 0.29) is 29.5 Å². The summed E-state index contributed by atoms with van der Waals surface area (Å²) in [6, 6.07) is 9.76. The molecule has 1 aliphatic rings. The lowest BCUT2D eigenvalue weighted by Crippen LogP contribution is -2.43. The van der Waals surface area contributed by atoms with Crippen LogP contribution in [0.5, 0.6) is 0 Å². The lowest BCUT2D eigenvalue weighted by atomic mass is 9.91. The number of aldehydes is 1. The summed E-state index contributed by atoms with van der Waals surface area (Å²) < 4.78 is 18.8. The second-order valence-electron chi connectivity index (χ2n) is 8.36. The predicted octanol–water partition coefficient (Wildman–Crippen LogP) is 4.25. The summed E-state index contributed by atoms with van der Waals surface area (Å²) in [6.45, 7) is 0.709. The molecule has 0 aliphatic carbocycles. The average Bonchev–Trinajstić information content (AvgIpc) is 2.78. The van der Waals surface area contributed by atoms with Crippen LogP contribution in [-0.2, 0) is 14.4 Å². The number of hydrogen-bond acceptors (Lipinski definition) is 5. The molecule has 3 aromatic rings. The minimum atomic E-state index is -1.13. The minimum Gasteiger partial charge on any atom is -0.481 e. The highest BCUT2D eigenvalue weighted by Gasteiger charge is 2.31. The van der Waals surface area contributed by atoms with Crippen molar-refractivity contribution in [3.8, 4) is 11.1 Å². The SMILES string of the molecule is O=CC(C(=O)N1CCC[C@H](CC(=O)O)C1)c1ccc2c(-c3ccc(F)cc3Cl)cc(=O)oc2c1. The quantitative estimate of drug-likeness (QED) is 0.318. The van der Waals surface area contributed by atoms with Gasteiger partial charge in [-0.1, -0.05) is 23.7 Å². The summed E-state index contributed by atoms with van der Waals surface area (Å²) in [7, 11) is 0. The maximum absolute atomic E-state index is 13.5. The van der Waals surface area contributed by atoms with Crippen molar-refractivity contribution in [2.24, 2.45) is 5.92 Å². The van der Waals surface area contributed by atoms with E-state index in [0.29, 0.717) is 47.7 Å². The van der Waals surface area contributed by atoms with Gasteiger partial charge < -0.3 is 19.2 Å². The van der Waals surface area contributed by atoms with E-state index >= 15 is 0 Å². The standard InChI is InChI=1S/C25H21ClFNO6/c26-21-10-16(27)4-6-17(21)19-11-24(32)34-22-9-15(3-5-18(19)22)20(13-29)25(33)28-7-1-2-14(12-28)8-23(30)31/h3-6,9-11,13-14,20H,1-2,7-8,12H2,(H,30,31)/t14-,20?/m1/s1. The first-order chi connectivity index (χ1) is 16.3. The highest BCUT2D eigenvalue weighted by Crippen LogP contribution is 2.34. The van der Waals surface area contributed by atoms with Gasteiger partial charge in [0.25, 0.3) is 0 Å². The van der Waals surface area contributed by atoms with E-state index in [1.807, 2.05) is 0 Å². The molecule has 1 aliphatic heterocycles. The summed E-state index contributed by atoms with van der Waals surface area (Å²) in [4.78, 5) is 49.9. The van der Waals surface area contributed by atoms with Crippen molar-refractivity contribution in [1.82, 2.24) is 4.90 Å². The monoisotopic (exact) mass is 485 g/mol. The number of carbonyl (C=O) groups excluding carboxylic acids is 2. The molecule has 1 amide bonds. The molecule has 0 saturated carbocycles. The van der Waals surface area contributed by atoms with Gasteiger partial charge >= 0.3 is 11.6 Å². The number of aliphatic carboxylic acids is 1. The van der Waals surface area contributed by atoms with Gasteiger partial charge in [-0.3, -0.25) is 9.59 Å². The van der Waals surface area contributed by atoms with E-state index in [1.165, 1.54) is 29.2 Å². The van der Waals surface area contributed by atoms with Crippen molar-refractivity contribution in [2.75, 3.05) is 13.1 Å². The highest BCUT2D eigenvalue weighted by molar-refractivity contribution is 6.33. The predicted molar refractivity (Wildman–Crippen MR) is 123 cm³/mol. The van der Waals surface area contributed by atoms with Gasteiger partial charge in [0.05, 0.1) is 5.02 Å². The second-order valence-corrected chi connectivity index (χ2v) is 8.77. The first-order valence-corrected chi connectivity index (χ1v) is 11.1. The molecule has 0 bridgehead atoms. The van der Waals surface area contributed by atoms with Crippen LogP contribution in [0.3, 0.4) is 0 Å². The van der Waals surface area contributed by atoms with Gasteiger partial charge in [0.15, 0.2) is 0 Å². The summed E-state index contributed by atoms with van der Waals surface area (Å²) in [6.07, 6.45) is 1.86. The number of hydrogen-bond donors (Lipinski definition) is 1. The van der Waals surface area contributed by atoms with Crippen LogP contribution in [0.25, 0.3) is 22.1 Å². The fourth-order valence-electron chi connectivity index (χ4n) is 4.46. The van der Waals surface area contributed by atoms with Gasteiger partial charge in [0.1, 0.15) is 23.6 Å². The zero-order valence-electron chi connectivity index (χ0n) is 18.0. The first kappa shape index (κ1) is 23.6. The van der Waals surface area contributed by atoms with Crippen molar-refractivity contribution in [1.29, 1.82) is 0 Å². The second kappa shape index (κ2) is 9.77. The van der Waals surface area contributed by atoms with Gasteiger partial charge in [-0.05, 0) is 48.6 Å². The molecule has 4 rings (SSSR count). The number of benzene rings is 2. The molecule has 1 unspecified atom stereocenters. The zero-order valence-corrected chi connectivity index (χ0v) is 18.8. The summed E-state index contributed by atoms with van der Waals surface area (Å²) >= 11 is 6.19. The van der Waals surface area contributed by atoms with Crippen LogP contribution in [0, 0.1) is 11.7 Å². The molecular weight excluding hydrogens is 465 g/mol. The van der Waals surface area contributed by atoms with E-state index in [1.54, 1.807) is 12.1 Å². The van der Waals surface area contributed by atoms with Gasteiger partial charge in [0.2, 0.25) is 5.91 Å². The Labute approximate surface area is 198 Å². The van der Waals surface area contributed by atoms with Gasteiger partial charge in [-0.2, -0.15) is 0 Å². The molecule has 0 spiro atoms. The van der Waals surface area contributed by atoms with E-state index < -0.39 is 29.2 Å². The van der Waals surface area contributed by atoms with Gasteiger partial charge in [-0.25, -0.2) is 9.18 Å². The number of carboxylic acids is 1. The number of piperidine rings is 1. The summed E-state index contributed by atoms with van der Waals surface area (Å²) in [5.41, 5.74) is 0.709. The molecule has 1 N–H and O–H groups in total. The Kier molecular flexibility index (Phi) is 6.79. The minimum absolute atomic E-state index is 0.0363. The number of rotatable bonds is 6. The van der Waals surface area contributed by atoms with Gasteiger partial charge in [-0.15, -0.1) is 0 Å². The number of likely N-dealkylation sites (tertiary alicyclic amines) is 1. The third-order valence-corrected chi connectivity index (χ3v) is 6.36. The Balaban J connectivity index is 1.69. The number of nitrogens with zero attached hydrogens (tertiary/aromatic N) is 1. The number of carbonyl (C=O) groups is 3. The fraction of sp³-hybridized carbons (Fsp3) is 0.280. The number of carboxylic acid groups (broad SMARTS) is 1. The molecule has 7 nitrogen and oxygen atoms in total. The molecule has 2 heterocycles. The maximum atomic E-state index is 13.5. The molecule has 1 saturated heterocycles. The number of amides is 1. The van der Waals surface area contributed by atoms with Crippen LogP contribution < -0.4 is 5.63 Å². The molecule has 1 aromatic heterocycles. The van der Waals surface area contributed by atoms with Crippen molar-refractivity contribution in [3.05, 3.63) is 69.3 Å². The molecule has 2 atom stereocenters. The Morgan fingerprint density at radius 2 is 2.00 bits per heavy atom. The van der Waals surface area contributed by atoms with Crippen LogP contribution in [0.1, 0.15) is 30.7 Å². The van der Waals surface area contributed by atoms with E-state index in [0.717, 1.165) is 6.07 Å². The van der Waals surface area contributed by atoms with Crippen molar-refractivity contribution in [3.63, 3.8) is 0 Å². The van der Waals surface area contributed by atoms with Crippen molar-refractivity contribution >= 4 is 40.7 Å². The van der Waals surface area contributed by atoms with Crippen LogP contribution in [-0.4, -0.2) is 41.3 Å². The molecule has 9 heteroatoms. The van der Waals surface area contributed by atoms with Crippen molar-refractivity contribution in [2.45, 2.75) is 25.2 Å². The van der Waals surface area contributed by atoms with Crippen LogP contribution in [0.4, 0.5) is 4.39 Å². The summed E-state index contributed by atoms with van der Waals surface area (Å²) in [5, 5.41) is 9.69.